The summed E-state index contributed by atoms with van der Waals surface area (Å²) in [5.74, 6) is -0.584. The molecule has 5 heteroatoms. The molecule has 0 saturated heterocycles. The maximum absolute atomic E-state index is 13.6. The van der Waals surface area contributed by atoms with Gasteiger partial charge in [-0.1, -0.05) is 13.8 Å². The Morgan fingerprint density at radius 1 is 1.42 bits per heavy atom. The van der Waals surface area contributed by atoms with Crippen molar-refractivity contribution < 1.29 is 13.9 Å². The SMILES string of the molecule is CCNCC(C)C(=O)Nc1ccc(OCC)c(F)c1. The van der Waals surface area contributed by atoms with Crippen LogP contribution in [0, 0.1) is 11.7 Å². The lowest BCUT2D eigenvalue weighted by molar-refractivity contribution is -0.119. The van der Waals surface area contributed by atoms with Gasteiger partial charge in [-0.15, -0.1) is 0 Å². The third-order valence-electron chi connectivity index (χ3n) is 2.65. The number of hydrogen-bond donors (Lipinski definition) is 2. The Balaban J connectivity index is 2.62. The average molecular weight is 268 g/mol. The number of halogens is 1. The van der Waals surface area contributed by atoms with Crippen LogP contribution in [-0.2, 0) is 4.79 Å². The number of amides is 1. The number of carbonyl (C=O) groups is 1. The third-order valence-corrected chi connectivity index (χ3v) is 2.65. The van der Waals surface area contributed by atoms with E-state index < -0.39 is 5.82 Å². The van der Waals surface area contributed by atoms with Gasteiger partial charge in [0, 0.05) is 24.2 Å². The van der Waals surface area contributed by atoms with Crippen molar-refractivity contribution in [1.82, 2.24) is 5.32 Å². The molecule has 0 aliphatic rings. The van der Waals surface area contributed by atoms with E-state index in [4.69, 9.17) is 4.74 Å². The summed E-state index contributed by atoms with van der Waals surface area (Å²) < 4.78 is 18.7. The molecule has 1 unspecified atom stereocenters. The van der Waals surface area contributed by atoms with Crippen molar-refractivity contribution in [3.63, 3.8) is 0 Å². The molecule has 0 heterocycles. The van der Waals surface area contributed by atoms with Crippen LogP contribution in [0.3, 0.4) is 0 Å². The molecule has 0 spiro atoms. The number of nitrogens with one attached hydrogen (secondary N) is 2. The largest absolute Gasteiger partial charge is 0.491 e. The zero-order valence-corrected chi connectivity index (χ0v) is 11.6. The highest BCUT2D eigenvalue weighted by Crippen LogP contribution is 2.21. The van der Waals surface area contributed by atoms with Crippen molar-refractivity contribution in [3.05, 3.63) is 24.0 Å². The monoisotopic (exact) mass is 268 g/mol. The molecule has 1 atom stereocenters. The molecule has 2 N–H and O–H groups in total. The van der Waals surface area contributed by atoms with Crippen LogP contribution in [0.15, 0.2) is 18.2 Å². The van der Waals surface area contributed by atoms with Gasteiger partial charge in [0.05, 0.1) is 6.61 Å². The summed E-state index contributed by atoms with van der Waals surface area (Å²) in [5, 5.41) is 5.78. The highest BCUT2D eigenvalue weighted by molar-refractivity contribution is 5.92. The van der Waals surface area contributed by atoms with E-state index >= 15 is 0 Å². The summed E-state index contributed by atoms with van der Waals surface area (Å²) in [5.41, 5.74) is 0.439. The first kappa shape index (κ1) is 15.4. The van der Waals surface area contributed by atoms with E-state index in [-0.39, 0.29) is 17.6 Å². The van der Waals surface area contributed by atoms with Crippen molar-refractivity contribution in [2.45, 2.75) is 20.8 Å². The minimum absolute atomic E-state index is 0.135. The van der Waals surface area contributed by atoms with Gasteiger partial charge >= 0.3 is 0 Å². The van der Waals surface area contributed by atoms with Gasteiger partial charge in [-0.05, 0) is 25.6 Å². The first-order valence-electron chi connectivity index (χ1n) is 6.52. The van der Waals surface area contributed by atoms with E-state index in [0.29, 0.717) is 18.8 Å². The van der Waals surface area contributed by atoms with Gasteiger partial charge in [-0.2, -0.15) is 0 Å². The van der Waals surface area contributed by atoms with Crippen molar-refractivity contribution in [2.24, 2.45) is 5.92 Å². The lowest BCUT2D eigenvalue weighted by Gasteiger charge is -2.13. The standard InChI is InChI=1S/C14H21FN2O2/c1-4-16-9-10(3)14(18)17-11-6-7-13(19-5-2)12(15)8-11/h6-8,10,16H,4-5,9H2,1-3H3,(H,17,18). The molecule has 0 aromatic heterocycles. The molecule has 0 fully saturated rings. The Bertz CT molecular complexity index is 424. The van der Waals surface area contributed by atoms with Gasteiger partial charge in [0.1, 0.15) is 0 Å². The van der Waals surface area contributed by atoms with Crippen molar-refractivity contribution in [2.75, 3.05) is 25.0 Å². The lowest BCUT2D eigenvalue weighted by atomic mass is 10.1. The zero-order chi connectivity index (χ0) is 14.3. The first-order valence-corrected chi connectivity index (χ1v) is 6.52. The Morgan fingerprint density at radius 2 is 2.16 bits per heavy atom. The molecule has 0 aliphatic carbocycles. The topological polar surface area (TPSA) is 50.4 Å². The minimum Gasteiger partial charge on any atom is -0.491 e. The molecule has 1 amide bonds. The molecule has 106 valence electrons. The van der Waals surface area contributed by atoms with Crippen LogP contribution < -0.4 is 15.4 Å². The van der Waals surface area contributed by atoms with Crippen LogP contribution in [0.25, 0.3) is 0 Å². The normalized spacial score (nSPS) is 12.0. The highest BCUT2D eigenvalue weighted by atomic mass is 19.1. The number of anilines is 1. The summed E-state index contributed by atoms with van der Waals surface area (Å²) in [6.07, 6.45) is 0. The van der Waals surface area contributed by atoms with Crippen LogP contribution in [0.4, 0.5) is 10.1 Å². The molecule has 0 aliphatic heterocycles. The Kier molecular flexibility index (Phi) is 6.29. The summed E-state index contributed by atoms with van der Waals surface area (Å²) in [6, 6.07) is 4.41. The molecular formula is C14H21FN2O2. The van der Waals surface area contributed by atoms with Gasteiger partial charge in [0.2, 0.25) is 5.91 Å². The Hall–Kier alpha value is -1.62. The van der Waals surface area contributed by atoms with Gasteiger partial charge < -0.3 is 15.4 Å². The second kappa shape index (κ2) is 7.74. The maximum atomic E-state index is 13.6. The van der Waals surface area contributed by atoms with E-state index in [1.165, 1.54) is 12.1 Å². The average Bonchev–Trinajstić information content (AvgIpc) is 2.39. The van der Waals surface area contributed by atoms with Crippen LogP contribution in [0.5, 0.6) is 5.75 Å². The van der Waals surface area contributed by atoms with Crippen molar-refractivity contribution in [3.8, 4) is 5.75 Å². The molecule has 0 saturated carbocycles. The second-order valence-corrected chi connectivity index (χ2v) is 4.28. The van der Waals surface area contributed by atoms with E-state index in [0.717, 1.165) is 6.54 Å². The molecule has 4 nitrogen and oxygen atoms in total. The number of benzene rings is 1. The number of carbonyl (C=O) groups excluding carboxylic acids is 1. The number of ether oxygens (including phenoxy) is 1. The summed E-state index contributed by atoms with van der Waals surface area (Å²) in [4.78, 5) is 11.8. The van der Waals surface area contributed by atoms with Crippen LogP contribution in [0.2, 0.25) is 0 Å². The molecule has 0 radical (unpaired) electrons. The summed E-state index contributed by atoms with van der Waals surface area (Å²) in [6.45, 7) is 7.41. The fourth-order valence-electron chi connectivity index (χ4n) is 1.57. The minimum atomic E-state index is -0.473. The molecule has 0 bridgehead atoms. The van der Waals surface area contributed by atoms with Gasteiger partial charge in [0.15, 0.2) is 11.6 Å². The fourth-order valence-corrected chi connectivity index (χ4v) is 1.57. The predicted octanol–water partition coefficient (Wildman–Crippen LogP) is 2.41. The summed E-state index contributed by atoms with van der Waals surface area (Å²) >= 11 is 0. The quantitative estimate of drug-likeness (QED) is 0.798. The summed E-state index contributed by atoms with van der Waals surface area (Å²) in [7, 11) is 0. The van der Waals surface area contributed by atoms with E-state index in [1.807, 2.05) is 13.8 Å². The lowest BCUT2D eigenvalue weighted by Crippen LogP contribution is -2.30. The van der Waals surface area contributed by atoms with E-state index in [2.05, 4.69) is 10.6 Å². The smallest absolute Gasteiger partial charge is 0.228 e. The van der Waals surface area contributed by atoms with Gasteiger partial charge in [-0.25, -0.2) is 4.39 Å². The van der Waals surface area contributed by atoms with Crippen LogP contribution >= 0.6 is 0 Å². The Morgan fingerprint density at radius 3 is 2.74 bits per heavy atom. The molecule has 1 aromatic rings. The number of rotatable bonds is 7. The molecular weight excluding hydrogens is 247 g/mol. The number of hydrogen-bond acceptors (Lipinski definition) is 3. The Labute approximate surface area is 113 Å². The zero-order valence-electron chi connectivity index (χ0n) is 11.6. The predicted molar refractivity (Wildman–Crippen MR) is 73.9 cm³/mol. The van der Waals surface area contributed by atoms with Crippen LogP contribution in [-0.4, -0.2) is 25.6 Å². The van der Waals surface area contributed by atoms with Gasteiger partial charge in [-0.3, -0.25) is 4.79 Å². The van der Waals surface area contributed by atoms with E-state index in [9.17, 15) is 9.18 Å². The molecule has 1 aromatic carbocycles. The fraction of sp³-hybridized carbons (Fsp3) is 0.500. The van der Waals surface area contributed by atoms with Crippen molar-refractivity contribution in [1.29, 1.82) is 0 Å². The van der Waals surface area contributed by atoms with E-state index in [1.54, 1.807) is 13.0 Å². The first-order chi connectivity index (χ1) is 9.08. The van der Waals surface area contributed by atoms with Crippen LogP contribution in [0.1, 0.15) is 20.8 Å². The second-order valence-electron chi connectivity index (χ2n) is 4.28. The highest BCUT2D eigenvalue weighted by Gasteiger charge is 2.13. The van der Waals surface area contributed by atoms with Gasteiger partial charge in [0.25, 0.3) is 0 Å². The third kappa shape index (κ3) is 4.87. The van der Waals surface area contributed by atoms with Crippen molar-refractivity contribution >= 4 is 11.6 Å². The molecule has 1 rings (SSSR count). The maximum Gasteiger partial charge on any atom is 0.228 e. The molecule has 19 heavy (non-hydrogen) atoms.